The molecule has 0 bridgehead atoms. The molecule has 1 aromatic carbocycles. The molecule has 0 fully saturated rings. The average Bonchev–Trinajstić information content (AvgIpc) is 2.31. The van der Waals surface area contributed by atoms with Gasteiger partial charge in [-0.2, -0.15) is 0 Å². The maximum atomic E-state index is 8.97. The van der Waals surface area contributed by atoms with Crippen LogP contribution < -0.4 is 0 Å². The molecule has 0 aliphatic carbocycles. The molecule has 0 atom stereocenters. The van der Waals surface area contributed by atoms with Crippen LogP contribution in [-0.2, 0) is 6.61 Å². The second-order valence-electron chi connectivity index (χ2n) is 3.16. The average molecular weight is 238 g/mol. The summed E-state index contributed by atoms with van der Waals surface area (Å²) < 4.78 is 0. The molecule has 1 rings (SSSR count). The molecule has 0 spiro atoms. The number of halogens is 1. The van der Waals surface area contributed by atoms with Crippen LogP contribution in [0.25, 0.3) is 16.5 Å². The van der Waals surface area contributed by atoms with E-state index >= 15 is 0 Å². The second kappa shape index (κ2) is 6.90. The van der Waals surface area contributed by atoms with Crippen LogP contribution in [0.3, 0.4) is 0 Å². The lowest BCUT2D eigenvalue weighted by Gasteiger charge is -2.01. The number of hydrogen-bond acceptors (Lipinski definition) is 2. The summed E-state index contributed by atoms with van der Waals surface area (Å²) in [6, 6.07) is 5.35. The topological polar surface area (TPSA) is 69.0 Å². The predicted octanol–water partition coefficient (Wildman–Crippen LogP) is 3.55. The Hall–Kier alpha value is -1.48. The Labute approximate surface area is 98.8 Å². The van der Waals surface area contributed by atoms with Gasteiger partial charge in [-0.3, -0.25) is 0 Å². The number of nitrogens with zero attached hydrogens (tertiary/aromatic N) is 3. The fourth-order valence-electron chi connectivity index (χ4n) is 1.21. The minimum Gasteiger partial charge on any atom is -0.392 e. The van der Waals surface area contributed by atoms with Crippen LogP contribution in [0.4, 0.5) is 0 Å². The number of azide groups is 1. The minimum absolute atomic E-state index is 0.00324. The van der Waals surface area contributed by atoms with Crippen LogP contribution in [0.5, 0.6) is 0 Å². The normalized spacial score (nSPS) is 10.4. The molecule has 84 valence electrons. The lowest BCUT2D eigenvalue weighted by Crippen LogP contribution is -1.84. The van der Waals surface area contributed by atoms with E-state index in [1.165, 1.54) is 0 Å². The van der Waals surface area contributed by atoms with Crippen LogP contribution >= 0.6 is 11.6 Å². The maximum absolute atomic E-state index is 8.97. The molecule has 0 aromatic heterocycles. The van der Waals surface area contributed by atoms with E-state index in [1.807, 2.05) is 18.2 Å². The van der Waals surface area contributed by atoms with Crippen LogP contribution in [0.2, 0.25) is 5.02 Å². The summed E-state index contributed by atoms with van der Waals surface area (Å²) in [4.78, 5) is 2.66. The van der Waals surface area contributed by atoms with Gasteiger partial charge in [-0.25, -0.2) is 0 Å². The van der Waals surface area contributed by atoms with Gasteiger partial charge in [-0.05, 0) is 35.2 Å². The van der Waals surface area contributed by atoms with Crippen molar-refractivity contribution in [2.45, 2.75) is 13.0 Å². The highest BCUT2D eigenvalue weighted by Crippen LogP contribution is 2.19. The maximum Gasteiger partial charge on any atom is 0.0682 e. The summed E-state index contributed by atoms with van der Waals surface area (Å²) in [6.07, 6.45) is 4.41. The van der Waals surface area contributed by atoms with Crippen LogP contribution in [-0.4, -0.2) is 11.7 Å². The highest BCUT2D eigenvalue weighted by atomic mass is 35.5. The molecule has 0 heterocycles. The van der Waals surface area contributed by atoms with Crippen molar-refractivity contribution in [1.82, 2.24) is 0 Å². The van der Waals surface area contributed by atoms with E-state index in [2.05, 4.69) is 10.0 Å². The highest BCUT2D eigenvalue weighted by Gasteiger charge is 1.97. The Kier molecular flexibility index (Phi) is 5.43. The zero-order valence-electron chi connectivity index (χ0n) is 8.67. The largest absolute Gasteiger partial charge is 0.392 e. The Morgan fingerprint density at radius 3 is 3.00 bits per heavy atom. The van der Waals surface area contributed by atoms with E-state index in [0.717, 1.165) is 11.1 Å². The van der Waals surface area contributed by atoms with Crippen molar-refractivity contribution >= 4 is 17.7 Å². The predicted molar refractivity (Wildman–Crippen MR) is 65.0 cm³/mol. The second-order valence-corrected chi connectivity index (χ2v) is 3.57. The van der Waals surface area contributed by atoms with E-state index in [0.29, 0.717) is 18.0 Å². The van der Waals surface area contributed by atoms with Gasteiger partial charge < -0.3 is 5.11 Å². The number of aliphatic hydroxyl groups excluding tert-OH is 1. The van der Waals surface area contributed by atoms with E-state index < -0.39 is 0 Å². The summed E-state index contributed by atoms with van der Waals surface area (Å²) in [5.41, 5.74) is 9.75. The molecule has 0 saturated heterocycles. The van der Waals surface area contributed by atoms with Gasteiger partial charge in [0.2, 0.25) is 0 Å². The molecule has 0 aliphatic rings. The van der Waals surface area contributed by atoms with E-state index in [1.54, 1.807) is 12.1 Å². The first-order chi connectivity index (χ1) is 7.77. The molecule has 16 heavy (non-hydrogen) atoms. The lowest BCUT2D eigenvalue weighted by molar-refractivity contribution is 0.282. The smallest absolute Gasteiger partial charge is 0.0682 e. The lowest BCUT2D eigenvalue weighted by atomic mass is 10.1. The Morgan fingerprint density at radius 2 is 2.31 bits per heavy atom. The summed E-state index contributed by atoms with van der Waals surface area (Å²) >= 11 is 5.98. The van der Waals surface area contributed by atoms with Crippen molar-refractivity contribution in [2.75, 3.05) is 6.54 Å². The van der Waals surface area contributed by atoms with Crippen molar-refractivity contribution in [2.24, 2.45) is 5.11 Å². The van der Waals surface area contributed by atoms with Gasteiger partial charge in [-0.1, -0.05) is 34.9 Å². The molecule has 0 saturated carbocycles. The molecule has 0 amide bonds. The van der Waals surface area contributed by atoms with Crippen molar-refractivity contribution in [1.29, 1.82) is 0 Å². The fraction of sp³-hybridized carbons (Fsp3) is 0.273. The molecule has 0 radical (unpaired) electrons. The zero-order valence-corrected chi connectivity index (χ0v) is 9.43. The molecule has 1 N–H and O–H groups in total. The molecule has 4 nitrogen and oxygen atoms in total. The molecule has 1 aromatic rings. The van der Waals surface area contributed by atoms with Gasteiger partial charge >= 0.3 is 0 Å². The monoisotopic (exact) mass is 237 g/mol. The van der Waals surface area contributed by atoms with Gasteiger partial charge in [0.05, 0.1) is 6.61 Å². The van der Waals surface area contributed by atoms with Crippen molar-refractivity contribution in [3.8, 4) is 0 Å². The van der Waals surface area contributed by atoms with Crippen LogP contribution in [0.1, 0.15) is 17.5 Å². The minimum atomic E-state index is -0.00324. The van der Waals surface area contributed by atoms with Gasteiger partial charge in [0.15, 0.2) is 0 Å². The Balaban J connectivity index is 2.67. The fourth-order valence-corrected chi connectivity index (χ4v) is 1.39. The SMILES string of the molecule is [N-]=[N+]=NCCC=Cc1cc(CO)ccc1Cl. The summed E-state index contributed by atoms with van der Waals surface area (Å²) in [6.45, 7) is 0.432. The van der Waals surface area contributed by atoms with E-state index in [9.17, 15) is 0 Å². The van der Waals surface area contributed by atoms with Crippen LogP contribution in [0.15, 0.2) is 29.4 Å². The van der Waals surface area contributed by atoms with E-state index in [4.69, 9.17) is 22.2 Å². The van der Waals surface area contributed by atoms with Crippen molar-refractivity contribution in [3.63, 3.8) is 0 Å². The Morgan fingerprint density at radius 1 is 1.50 bits per heavy atom. The first-order valence-electron chi connectivity index (χ1n) is 4.84. The third kappa shape index (κ3) is 3.95. The quantitative estimate of drug-likeness (QED) is 0.362. The van der Waals surface area contributed by atoms with Gasteiger partial charge in [0.25, 0.3) is 0 Å². The Bertz CT molecular complexity index is 425. The highest BCUT2D eigenvalue weighted by molar-refractivity contribution is 6.32. The molecule has 0 aliphatic heterocycles. The summed E-state index contributed by atoms with van der Waals surface area (Å²) in [5, 5.41) is 13.0. The third-order valence-corrected chi connectivity index (χ3v) is 2.34. The molecular formula is C11H12ClN3O. The first-order valence-corrected chi connectivity index (χ1v) is 5.22. The first kappa shape index (κ1) is 12.6. The zero-order chi connectivity index (χ0) is 11.8. The van der Waals surface area contributed by atoms with Crippen molar-refractivity contribution < 1.29 is 5.11 Å². The number of benzene rings is 1. The van der Waals surface area contributed by atoms with Crippen LogP contribution in [0, 0.1) is 0 Å². The molecule has 0 unspecified atom stereocenters. The number of hydrogen-bond donors (Lipinski definition) is 1. The van der Waals surface area contributed by atoms with Gasteiger partial charge in [-0.15, -0.1) is 0 Å². The number of rotatable bonds is 5. The summed E-state index contributed by atoms with van der Waals surface area (Å²) in [7, 11) is 0. The van der Waals surface area contributed by atoms with Gasteiger partial charge in [0.1, 0.15) is 0 Å². The van der Waals surface area contributed by atoms with E-state index in [-0.39, 0.29) is 6.61 Å². The third-order valence-electron chi connectivity index (χ3n) is 2.00. The van der Waals surface area contributed by atoms with Crippen molar-refractivity contribution in [3.05, 3.63) is 50.9 Å². The standard InChI is InChI=1S/C11H12ClN3O/c12-11-5-4-9(8-16)7-10(11)3-1-2-6-14-15-13/h1,3-5,7,16H,2,6,8H2. The summed E-state index contributed by atoms with van der Waals surface area (Å²) in [5.74, 6) is 0. The van der Waals surface area contributed by atoms with Gasteiger partial charge in [0, 0.05) is 16.5 Å². The molecule has 5 heteroatoms. The number of aliphatic hydroxyl groups is 1. The molecular weight excluding hydrogens is 226 g/mol.